The van der Waals surface area contributed by atoms with Gasteiger partial charge in [0.2, 0.25) is 0 Å². The summed E-state index contributed by atoms with van der Waals surface area (Å²) in [5, 5.41) is 0. The number of hydrogen-bond donors (Lipinski definition) is 0. The fourth-order valence-corrected chi connectivity index (χ4v) is 4.44. The van der Waals surface area contributed by atoms with Crippen LogP contribution in [0.5, 0.6) is 0 Å². The Balaban J connectivity index is 2.21. The summed E-state index contributed by atoms with van der Waals surface area (Å²) in [6, 6.07) is 13.4. The monoisotopic (exact) mass is 464 g/mol. The van der Waals surface area contributed by atoms with Gasteiger partial charge >= 0.3 is 6.18 Å². The normalized spacial score (nSPS) is 13.3. The number of rotatable bonds is 14. The van der Waals surface area contributed by atoms with E-state index in [1.165, 1.54) is 44.2 Å². The van der Waals surface area contributed by atoms with Crippen molar-refractivity contribution in [3.8, 4) is 11.1 Å². The average Bonchev–Trinajstić information content (AvgIpc) is 2.78. The number of unbranched alkanes of at least 4 members (excludes halogenated alkanes) is 5. The molecular weight excluding hydrogens is 425 g/mol. The molecule has 0 saturated carbocycles. The van der Waals surface area contributed by atoms with Crippen LogP contribution in [0.4, 0.5) is 13.2 Å². The van der Waals surface area contributed by atoms with Crippen molar-refractivity contribution in [1.82, 2.24) is 0 Å². The van der Waals surface area contributed by atoms with Crippen molar-refractivity contribution in [3.05, 3.63) is 59.7 Å². The van der Waals surface area contributed by atoms with Gasteiger partial charge in [-0.15, -0.1) is 0 Å². The van der Waals surface area contributed by atoms with Crippen LogP contribution in [0.25, 0.3) is 11.1 Å². The van der Waals surface area contributed by atoms with Crippen LogP contribution in [0, 0.1) is 0 Å². The molecule has 0 aromatic heterocycles. The fourth-order valence-electron chi connectivity index (χ4n) is 4.44. The van der Waals surface area contributed by atoms with Gasteiger partial charge in [0.25, 0.3) is 0 Å². The molecule has 0 heterocycles. The topological polar surface area (TPSA) is 18.5 Å². The molecular formula is C28H39F3O2. The second-order valence-electron chi connectivity index (χ2n) is 8.69. The predicted octanol–water partition coefficient (Wildman–Crippen LogP) is 9.00. The Morgan fingerprint density at radius 1 is 0.697 bits per heavy atom. The molecule has 0 fully saturated rings. The summed E-state index contributed by atoms with van der Waals surface area (Å²) >= 11 is 0. The van der Waals surface area contributed by atoms with Gasteiger partial charge in [-0.3, -0.25) is 0 Å². The summed E-state index contributed by atoms with van der Waals surface area (Å²) in [6.45, 7) is 9.32. The largest absolute Gasteiger partial charge is 0.416 e. The van der Waals surface area contributed by atoms with Crippen molar-refractivity contribution in [2.75, 3.05) is 13.2 Å². The third-order valence-corrected chi connectivity index (χ3v) is 6.20. The van der Waals surface area contributed by atoms with Crippen LogP contribution >= 0.6 is 0 Å². The minimum atomic E-state index is -4.32. The molecule has 184 valence electrons. The Hall–Kier alpha value is -1.85. The molecule has 1 unspecified atom stereocenters. The molecule has 0 aliphatic carbocycles. The Kier molecular flexibility index (Phi) is 10.9. The van der Waals surface area contributed by atoms with E-state index < -0.39 is 17.5 Å². The van der Waals surface area contributed by atoms with Crippen LogP contribution in [0.2, 0.25) is 0 Å². The van der Waals surface area contributed by atoms with Crippen molar-refractivity contribution in [1.29, 1.82) is 0 Å². The van der Waals surface area contributed by atoms with E-state index in [1.807, 2.05) is 32.9 Å². The summed E-state index contributed by atoms with van der Waals surface area (Å²) in [7, 11) is 0. The van der Waals surface area contributed by atoms with Crippen LogP contribution in [0.15, 0.2) is 48.5 Å². The van der Waals surface area contributed by atoms with Gasteiger partial charge in [-0.05, 0) is 56.0 Å². The standard InChI is InChI=1S/C28H39F3O2/c1-5-8-9-10-11-12-13-26(27(4,32-6-2)33-7-3)24-16-14-22(15-17-24)23-18-20-25(21-19-23)28(29,30)31/h14-21,26H,5-13H2,1-4H3. The summed E-state index contributed by atoms with van der Waals surface area (Å²) in [5.74, 6) is -0.645. The van der Waals surface area contributed by atoms with Crippen LogP contribution in [0.3, 0.4) is 0 Å². The number of hydrogen-bond acceptors (Lipinski definition) is 2. The van der Waals surface area contributed by atoms with Crippen molar-refractivity contribution in [2.24, 2.45) is 0 Å². The Bertz CT molecular complexity index is 791. The van der Waals surface area contributed by atoms with Crippen molar-refractivity contribution in [3.63, 3.8) is 0 Å². The van der Waals surface area contributed by atoms with Gasteiger partial charge in [0.15, 0.2) is 5.79 Å². The second kappa shape index (κ2) is 13.1. The van der Waals surface area contributed by atoms with E-state index in [0.717, 1.165) is 41.7 Å². The van der Waals surface area contributed by atoms with E-state index in [-0.39, 0.29) is 5.92 Å². The molecule has 0 aliphatic heterocycles. The number of ether oxygens (including phenoxy) is 2. The molecule has 0 saturated heterocycles. The smallest absolute Gasteiger partial charge is 0.350 e. The molecule has 0 N–H and O–H groups in total. The van der Waals surface area contributed by atoms with E-state index in [9.17, 15) is 13.2 Å². The highest BCUT2D eigenvalue weighted by Crippen LogP contribution is 2.38. The number of halogens is 3. The molecule has 2 aromatic rings. The minimum absolute atomic E-state index is 0.0743. The molecule has 1 atom stereocenters. The van der Waals surface area contributed by atoms with E-state index in [2.05, 4.69) is 19.1 Å². The van der Waals surface area contributed by atoms with Crippen LogP contribution in [0.1, 0.15) is 89.7 Å². The summed E-state index contributed by atoms with van der Waals surface area (Å²) in [5.41, 5.74) is 2.15. The lowest BCUT2D eigenvalue weighted by atomic mass is 9.85. The van der Waals surface area contributed by atoms with Crippen LogP contribution in [-0.4, -0.2) is 19.0 Å². The number of benzene rings is 2. The van der Waals surface area contributed by atoms with Gasteiger partial charge in [-0.1, -0.05) is 81.8 Å². The van der Waals surface area contributed by atoms with Crippen molar-refractivity contribution < 1.29 is 22.6 Å². The highest BCUT2D eigenvalue weighted by Gasteiger charge is 2.36. The third kappa shape index (κ3) is 8.15. The number of alkyl halides is 3. The maximum Gasteiger partial charge on any atom is 0.416 e. The van der Waals surface area contributed by atoms with Crippen molar-refractivity contribution >= 4 is 0 Å². The molecule has 0 bridgehead atoms. The van der Waals surface area contributed by atoms with E-state index in [0.29, 0.717) is 13.2 Å². The first kappa shape index (κ1) is 27.4. The first-order valence-corrected chi connectivity index (χ1v) is 12.3. The third-order valence-electron chi connectivity index (χ3n) is 6.20. The zero-order valence-electron chi connectivity index (χ0n) is 20.5. The van der Waals surface area contributed by atoms with Gasteiger partial charge < -0.3 is 9.47 Å². The molecule has 2 nitrogen and oxygen atoms in total. The van der Waals surface area contributed by atoms with Gasteiger partial charge in [-0.2, -0.15) is 13.2 Å². The highest BCUT2D eigenvalue weighted by atomic mass is 19.4. The summed E-state index contributed by atoms with van der Waals surface area (Å²) in [4.78, 5) is 0. The maximum absolute atomic E-state index is 12.9. The molecule has 2 aromatic carbocycles. The lowest BCUT2D eigenvalue weighted by Crippen LogP contribution is -2.39. The molecule has 0 amide bonds. The Morgan fingerprint density at radius 2 is 1.18 bits per heavy atom. The first-order chi connectivity index (χ1) is 15.7. The second-order valence-corrected chi connectivity index (χ2v) is 8.69. The lowest BCUT2D eigenvalue weighted by Gasteiger charge is -2.37. The molecule has 33 heavy (non-hydrogen) atoms. The molecule has 5 heteroatoms. The zero-order valence-corrected chi connectivity index (χ0v) is 20.5. The Morgan fingerprint density at radius 3 is 1.67 bits per heavy atom. The molecule has 0 radical (unpaired) electrons. The lowest BCUT2D eigenvalue weighted by molar-refractivity contribution is -0.236. The average molecular weight is 465 g/mol. The first-order valence-electron chi connectivity index (χ1n) is 12.3. The highest BCUT2D eigenvalue weighted by molar-refractivity contribution is 5.64. The van der Waals surface area contributed by atoms with E-state index in [1.54, 1.807) is 0 Å². The zero-order chi connectivity index (χ0) is 24.3. The predicted molar refractivity (Wildman–Crippen MR) is 129 cm³/mol. The summed E-state index contributed by atoms with van der Waals surface area (Å²) < 4.78 is 50.8. The van der Waals surface area contributed by atoms with Crippen LogP contribution < -0.4 is 0 Å². The van der Waals surface area contributed by atoms with Crippen LogP contribution in [-0.2, 0) is 15.7 Å². The van der Waals surface area contributed by atoms with Crippen molar-refractivity contribution in [2.45, 2.75) is 90.5 Å². The van der Waals surface area contributed by atoms with Gasteiger partial charge in [-0.25, -0.2) is 0 Å². The van der Waals surface area contributed by atoms with E-state index >= 15 is 0 Å². The van der Waals surface area contributed by atoms with E-state index in [4.69, 9.17) is 9.47 Å². The summed E-state index contributed by atoms with van der Waals surface area (Å²) in [6.07, 6.45) is 3.96. The molecule has 0 spiro atoms. The quantitative estimate of drug-likeness (QED) is 0.205. The van der Waals surface area contributed by atoms with Gasteiger partial charge in [0.05, 0.1) is 5.56 Å². The molecule has 0 aliphatic rings. The van der Waals surface area contributed by atoms with Gasteiger partial charge in [0, 0.05) is 19.1 Å². The minimum Gasteiger partial charge on any atom is -0.350 e. The Labute approximate surface area is 197 Å². The van der Waals surface area contributed by atoms with Gasteiger partial charge in [0.1, 0.15) is 0 Å². The fraction of sp³-hybridized carbons (Fsp3) is 0.571. The molecule has 2 rings (SSSR count). The SMILES string of the molecule is CCCCCCCCC(c1ccc(-c2ccc(C(F)(F)F)cc2)cc1)C(C)(OCC)OCC. The maximum atomic E-state index is 12.9.